The van der Waals surface area contributed by atoms with Crippen LogP contribution in [0.25, 0.3) is 10.2 Å². The van der Waals surface area contributed by atoms with Crippen molar-refractivity contribution in [3.05, 3.63) is 83.2 Å². The summed E-state index contributed by atoms with van der Waals surface area (Å²) in [5.74, 6) is 1.63. The number of thiophene rings is 1. The van der Waals surface area contributed by atoms with Crippen molar-refractivity contribution in [2.75, 3.05) is 36.2 Å². The van der Waals surface area contributed by atoms with E-state index in [9.17, 15) is 0 Å². The average Bonchev–Trinajstić information content (AvgIpc) is 3.53. The molecular formula is C25H23N5OS. The second kappa shape index (κ2) is 8.33. The molecule has 160 valence electrons. The molecule has 1 atom stereocenters. The molecule has 32 heavy (non-hydrogen) atoms. The summed E-state index contributed by atoms with van der Waals surface area (Å²) in [5, 5.41) is 10.3. The number of hydrazone groups is 1. The summed E-state index contributed by atoms with van der Waals surface area (Å²) in [6.07, 6.45) is 0.812. The van der Waals surface area contributed by atoms with E-state index in [0.717, 1.165) is 60.0 Å². The van der Waals surface area contributed by atoms with Crippen LogP contribution in [-0.4, -0.2) is 42.0 Å². The third-order valence-corrected chi connectivity index (χ3v) is 6.82. The van der Waals surface area contributed by atoms with Gasteiger partial charge in [0, 0.05) is 19.5 Å². The van der Waals surface area contributed by atoms with Crippen molar-refractivity contribution in [1.29, 1.82) is 0 Å². The van der Waals surface area contributed by atoms with Gasteiger partial charge < -0.3 is 9.64 Å². The summed E-state index contributed by atoms with van der Waals surface area (Å²) in [5.41, 5.74) is 3.41. The number of hydrogen-bond acceptors (Lipinski definition) is 7. The number of fused-ring (bicyclic) bond motifs is 1. The molecule has 0 spiro atoms. The molecule has 1 fully saturated rings. The Labute approximate surface area is 190 Å². The van der Waals surface area contributed by atoms with Crippen LogP contribution >= 0.6 is 11.3 Å². The van der Waals surface area contributed by atoms with Crippen LogP contribution in [0.15, 0.2) is 77.2 Å². The molecule has 7 heteroatoms. The average molecular weight is 442 g/mol. The zero-order valence-corrected chi connectivity index (χ0v) is 18.4. The maximum Gasteiger partial charge on any atom is 0.250 e. The Balaban J connectivity index is 1.47. The first-order valence-electron chi connectivity index (χ1n) is 10.9. The summed E-state index contributed by atoms with van der Waals surface area (Å²) in [4.78, 5) is 13.3. The Hall–Kier alpha value is -3.29. The molecule has 0 radical (unpaired) electrons. The predicted molar refractivity (Wildman–Crippen MR) is 130 cm³/mol. The standard InChI is InChI=1S/C25H23N5OS/c1-3-7-18(8-4-1)21-17-22(19-9-5-2-6-10-19)30(28-21)25-26-23(29-12-14-31-15-13-29)20-11-16-32-24(20)27-25/h1-11,16,22H,12-15,17H2. The molecule has 6 nitrogen and oxygen atoms in total. The minimum Gasteiger partial charge on any atom is -0.378 e. The molecule has 4 aromatic rings. The summed E-state index contributed by atoms with van der Waals surface area (Å²) in [6, 6.07) is 23.1. The lowest BCUT2D eigenvalue weighted by molar-refractivity contribution is 0.122. The SMILES string of the molecule is c1ccc(C2=NN(c3nc(N4CCOCC4)c4ccsc4n3)C(c3ccccc3)C2)cc1. The van der Waals surface area contributed by atoms with E-state index >= 15 is 0 Å². The number of ether oxygens (including phenoxy) is 1. The van der Waals surface area contributed by atoms with Gasteiger partial charge in [0.05, 0.1) is 30.4 Å². The maximum absolute atomic E-state index is 5.57. The second-order valence-corrected chi connectivity index (χ2v) is 8.87. The first kappa shape index (κ1) is 19.4. The number of morpholine rings is 1. The van der Waals surface area contributed by atoms with E-state index in [0.29, 0.717) is 5.95 Å². The van der Waals surface area contributed by atoms with Crippen LogP contribution in [-0.2, 0) is 4.74 Å². The molecule has 1 unspecified atom stereocenters. The van der Waals surface area contributed by atoms with Crippen molar-refractivity contribution < 1.29 is 4.74 Å². The van der Waals surface area contributed by atoms with Gasteiger partial charge in [-0.25, -0.2) is 9.99 Å². The lowest BCUT2D eigenvalue weighted by atomic mass is 9.99. The highest BCUT2D eigenvalue weighted by Gasteiger charge is 2.32. The van der Waals surface area contributed by atoms with Crippen molar-refractivity contribution in [2.45, 2.75) is 12.5 Å². The van der Waals surface area contributed by atoms with Gasteiger partial charge in [0.15, 0.2) is 0 Å². The van der Waals surface area contributed by atoms with Gasteiger partial charge in [-0.3, -0.25) is 0 Å². The van der Waals surface area contributed by atoms with Crippen molar-refractivity contribution in [3.63, 3.8) is 0 Å². The van der Waals surface area contributed by atoms with Crippen molar-refractivity contribution >= 4 is 39.0 Å². The smallest absolute Gasteiger partial charge is 0.250 e. The Bertz CT molecular complexity index is 1250. The molecule has 2 aromatic heterocycles. The van der Waals surface area contributed by atoms with Crippen LogP contribution in [0, 0.1) is 0 Å². The Morgan fingerprint density at radius 2 is 1.62 bits per heavy atom. The molecule has 2 aliphatic heterocycles. The topological polar surface area (TPSA) is 53.9 Å². The number of anilines is 2. The van der Waals surface area contributed by atoms with Crippen LogP contribution < -0.4 is 9.91 Å². The van der Waals surface area contributed by atoms with E-state index in [1.54, 1.807) is 11.3 Å². The predicted octanol–water partition coefficient (Wildman–Crippen LogP) is 4.88. The highest BCUT2D eigenvalue weighted by molar-refractivity contribution is 7.16. The van der Waals surface area contributed by atoms with Gasteiger partial charge in [0.25, 0.3) is 0 Å². The number of benzene rings is 2. The van der Waals surface area contributed by atoms with E-state index in [1.165, 1.54) is 5.56 Å². The Kier molecular flexibility index (Phi) is 5.05. The maximum atomic E-state index is 5.57. The van der Waals surface area contributed by atoms with Crippen molar-refractivity contribution in [2.24, 2.45) is 5.10 Å². The monoisotopic (exact) mass is 441 g/mol. The van der Waals surface area contributed by atoms with Gasteiger partial charge in [-0.1, -0.05) is 60.7 Å². The highest BCUT2D eigenvalue weighted by atomic mass is 32.1. The number of rotatable bonds is 4. The van der Waals surface area contributed by atoms with Crippen LogP contribution in [0.1, 0.15) is 23.6 Å². The van der Waals surface area contributed by atoms with E-state index < -0.39 is 0 Å². The highest BCUT2D eigenvalue weighted by Crippen LogP contribution is 2.38. The summed E-state index contributed by atoms with van der Waals surface area (Å²) < 4.78 is 5.57. The first-order chi connectivity index (χ1) is 15.9. The largest absolute Gasteiger partial charge is 0.378 e. The van der Waals surface area contributed by atoms with Gasteiger partial charge in [-0.05, 0) is 22.6 Å². The molecule has 0 bridgehead atoms. The fourth-order valence-electron chi connectivity index (χ4n) is 4.38. The van der Waals surface area contributed by atoms with Gasteiger partial charge >= 0.3 is 0 Å². The molecule has 1 saturated heterocycles. The lowest BCUT2D eigenvalue weighted by Crippen LogP contribution is -2.37. The number of hydrogen-bond donors (Lipinski definition) is 0. The van der Waals surface area contributed by atoms with Crippen molar-refractivity contribution in [1.82, 2.24) is 9.97 Å². The lowest BCUT2D eigenvalue weighted by Gasteiger charge is -2.29. The fraction of sp³-hybridized carbons (Fsp3) is 0.240. The molecule has 2 aliphatic rings. The summed E-state index contributed by atoms with van der Waals surface area (Å²) in [6.45, 7) is 3.11. The fourth-order valence-corrected chi connectivity index (χ4v) is 5.14. The van der Waals surface area contributed by atoms with Crippen LogP contribution in [0.4, 0.5) is 11.8 Å². The van der Waals surface area contributed by atoms with E-state index in [2.05, 4.69) is 64.9 Å². The molecule has 0 amide bonds. The van der Waals surface area contributed by atoms with Crippen LogP contribution in [0.5, 0.6) is 0 Å². The third-order valence-electron chi connectivity index (χ3n) is 6.01. The zero-order valence-electron chi connectivity index (χ0n) is 17.6. The normalized spacial score (nSPS) is 18.9. The van der Waals surface area contributed by atoms with E-state index in [1.807, 2.05) is 17.1 Å². The molecule has 6 rings (SSSR count). The van der Waals surface area contributed by atoms with Crippen LogP contribution in [0.2, 0.25) is 0 Å². The van der Waals surface area contributed by atoms with Crippen LogP contribution in [0.3, 0.4) is 0 Å². The molecule has 4 heterocycles. The minimum atomic E-state index is 0.0568. The Morgan fingerprint density at radius 1 is 0.875 bits per heavy atom. The summed E-state index contributed by atoms with van der Waals surface area (Å²) >= 11 is 1.65. The number of nitrogens with zero attached hydrogens (tertiary/aromatic N) is 5. The van der Waals surface area contributed by atoms with Gasteiger partial charge in [0.2, 0.25) is 5.95 Å². The molecule has 0 N–H and O–H groups in total. The third kappa shape index (κ3) is 3.53. The Morgan fingerprint density at radius 3 is 2.41 bits per heavy atom. The number of aromatic nitrogens is 2. The zero-order chi connectivity index (χ0) is 21.3. The van der Waals surface area contributed by atoms with Gasteiger partial charge in [-0.2, -0.15) is 10.1 Å². The summed E-state index contributed by atoms with van der Waals surface area (Å²) in [7, 11) is 0. The van der Waals surface area contributed by atoms with E-state index in [4.69, 9.17) is 19.8 Å². The minimum absolute atomic E-state index is 0.0568. The second-order valence-electron chi connectivity index (χ2n) is 7.97. The molecule has 0 aliphatic carbocycles. The molecule has 2 aromatic carbocycles. The van der Waals surface area contributed by atoms with E-state index in [-0.39, 0.29) is 6.04 Å². The quantitative estimate of drug-likeness (QED) is 0.452. The van der Waals surface area contributed by atoms with Crippen molar-refractivity contribution in [3.8, 4) is 0 Å². The molecular weight excluding hydrogens is 418 g/mol. The first-order valence-corrected chi connectivity index (χ1v) is 11.8. The van der Waals surface area contributed by atoms with Gasteiger partial charge in [-0.15, -0.1) is 11.3 Å². The van der Waals surface area contributed by atoms with Gasteiger partial charge in [0.1, 0.15) is 10.6 Å². The molecule has 0 saturated carbocycles.